The van der Waals surface area contributed by atoms with Gasteiger partial charge in [0, 0.05) is 23.9 Å². The van der Waals surface area contributed by atoms with E-state index in [9.17, 15) is 19.5 Å². The summed E-state index contributed by atoms with van der Waals surface area (Å²) in [5.41, 5.74) is 1.10. The summed E-state index contributed by atoms with van der Waals surface area (Å²) in [6.07, 6.45) is 1.59. The van der Waals surface area contributed by atoms with Crippen LogP contribution >= 0.6 is 0 Å². The summed E-state index contributed by atoms with van der Waals surface area (Å²) in [4.78, 5) is 39.0. The molecule has 8 heteroatoms. The fraction of sp³-hybridized carbons (Fsp3) is 0.286. The maximum absolute atomic E-state index is 12.7. The third kappa shape index (κ3) is 3.54. The van der Waals surface area contributed by atoms with E-state index in [-0.39, 0.29) is 46.7 Å². The summed E-state index contributed by atoms with van der Waals surface area (Å²) in [6, 6.07) is 8.89. The fourth-order valence-corrected chi connectivity index (χ4v) is 3.56. The number of nitrogens with one attached hydrogen (secondary N) is 1. The molecule has 1 unspecified atom stereocenters. The van der Waals surface area contributed by atoms with Crippen LogP contribution in [0.2, 0.25) is 0 Å². The van der Waals surface area contributed by atoms with Crippen LogP contribution in [0.4, 0.5) is 5.69 Å². The number of methoxy groups -OCH3 is 1. The highest BCUT2D eigenvalue weighted by Gasteiger charge is 2.37. The Morgan fingerprint density at radius 1 is 1.21 bits per heavy atom. The molecule has 2 aliphatic rings. The Balaban J connectivity index is 1.52. The number of phenolic OH excluding ortho intramolecular Hbond substituents is 1. The summed E-state index contributed by atoms with van der Waals surface area (Å²) in [6.45, 7) is 0.859. The molecule has 2 heterocycles. The van der Waals surface area contributed by atoms with Crippen molar-refractivity contribution in [2.45, 2.75) is 18.9 Å². The number of carbonyl (C=O) groups excluding carboxylic acids is 3. The Morgan fingerprint density at radius 3 is 2.69 bits per heavy atom. The van der Waals surface area contributed by atoms with Gasteiger partial charge >= 0.3 is 0 Å². The van der Waals surface area contributed by atoms with Gasteiger partial charge in [-0.15, -0.1) is 0 Å². The van der Waals surface area contributed by atoms with Gasteiger partial charge in [-0.25, -0.2) is 0 Å². The molecule has 0 aromatic heterocycles. The fourth-order valence-electron chi connectivity index (χ4n) is 3.56. The number of hydrogen-bond donors (Lipinski definition) is 2. The average molecular weight is 396 g/mol. The Morgan fingerprint density at radius 2 is 2.00 bits per heavy atom. The normalized spacial score (nSPS) is 18.1. The van der Waals surface area contributed by atoms with E-state index in [4.69, 9.17) is 9.47 Å². The SMILES string of the molecule is COc1ccc(NC(=O)c2ccc3c(c2)C(=O)N(CC2CCCO2)C3=O)cc1O. The lowest BCUT2D eigenvalue weighted by molar-refractivity contribution is 0.0475. The van der Waals surface area contributed by atoms with Crippen LogP contribution in [-0.2, 0) is 4.74 Å². The van der Waals surface area contributed by atoms with Crippen LogP contribution in [-0.4, -0.2) is 54.1 Å². The van der Waals surface area contributed by atoms with Gasteiger partial charge in [0.1, 0.15) is 0 Å². The lowest BCUT2D eigenvalue weighted by Gasteiger charge is -2.17. The standard InChI is InChI=1S/C21H20N2O6/c1-28-18-7-5-13(10-17(18)24)22-19(25)12-4-6-15-16(9-12)21(27)23(20(15)26)11-14-3-2-8-29-14/h4-7,9-10,14,24H,2-3,8,11H2,1H3,(H,22,25). The average Bonchev–Trinajstić information content (AvgIpc) is 3.31. The number of imide groups is 1. The van der Waals surface area contributed by atoms with E-state index < -0.39 is 11.8 Å². The molecule has 29 heavy (non-hydrogen) atoms. The van der Waals surface area contributed by atoms with Crippen molar-refractivity contribution in [2.24, 2.45) is 0 Å². The molecular formula is C21H20N2O6. The van der Waals surface area contributed by atoms with Crippen molar-refractivity contribution in [3.8, 4) is 11.5 Å². The molecule has 2 N–H and O–H groups in total. The van der Waals surface area contributed by atoms with Crippen LogP contribution < -0.4 is 10.1 Å². The van der Waals surface area contributed by atoms with Gasteiger partial charge in [-0.1, -0.05) is 0 Å². The van der Waals surface area contributed by atoms with E-state index in [2.05, 4.69) is 5.32 Å². The number of fused-ring (bicyclic) bond motifs is 1. The predicted molar refractivity (Wildman–Crippen MR) is 103 cm³/mol. The van der Waals surface area contributed by atoms with Gasteiger partial charge in [-0.3, -0.25) is 19.3 Å². The molecule has 0 spiro atoms. The molecule has 0 bridgehead atoms. The maximum Gasteiger partial charge on any atom is 0.261 e. The molecule has 0 saturated carbocycles. The van der Waals surface area contributed by atoms with Crippen LogP contribution in [0.15, 0.2) is 36.4 Å². The minimum atomic E-state index is -0.463. The quantitative estimate of drug-likeness (QED) is 0.752. The number of amides is 3. The summed E-state index contributed by atoms with van der Waals surface area (Å²) in [5, 5.41) is 12.5. The smallest absolute Gasteiger partial charge is 0.261 e. The first-order valence-electron chi connectivity index (χ1n) is 9.28. The van der Waals surface area contributed by atoms with Crippen molar-refractivity contribution >= 4 is 23.4 Å². The number of rotatable bonds is 5. The van der Waals surface area contributed by atoms with Gasteiger partial charge in [-0.05, 0) is 43.2 Å². The summed E-state index contributed by atoms with van der Waals surface area (Å²) in [5.74, 6) is -1.07. The first-order valence-corrected chi connectivity index (χ1v) is 9.28. The van der Waals surface area contributed by atoms with Crippen LogP contribution in [0.5, 0.6) is 11.5 Å². The monoisotopic (exact) mass is 396 g/mol. The van der Waals surface area contributed by atoms with Crippen molar-refractivity contribution in [3.05, 3.63) is 53.1 Å². The molecule has 1 fully saturated rings. The summed E-state index contributed by atoms with van der Waals surface area (Å²) < 4.78 is 10.5. The Labute approximate surface area is 167 Å². The zero-order chi connectivity index (χ0) is 20.5. The first kappa shape index (κ1) is 18.9. The highest BCUT2D eigenvalue weighted by atomic mass is 16.5. The van der Waals surface area contributed by atoms with Crippen LogP contribution in [0.3, 0.4) is 0 Å². The second-order valence-corrected chi connectivity index (χ2v) is 6.96. The van der Waals surface area contributed by atoms with Crippen molar-refractivity contribution in [1.82, 2.24) is 4.90 Å². The molecule has 8 nitrogen and oxygen atoms in total. The molecule has 3 amide bonds. The maximum atomic E-state index is 12.7. The zero-order valence-corrected chi connectivity index (χ0v) is 15.8. The number of carbonyl (C=O) groups is 3. The van der Waals surface area contributed by atoms with Crippen LogP contribution in [0.1, 0.15) is 43.9 Å². The van der Waals surface area contributed by atoms with E-state index in [1.807, 2.05) is 0 Å². The van der Waals surface area contributed by atoms with Crippen molar-refractivity contribution in [1.29, 1.82) is 0 Å². The highest BCUT2D eigenvalue weighted by molar-refractivity contribution is 6.22. The zero-order valence-electron chi connectivity index (χ0n) is 15.8. The molecule has 2 aliphatic heterocycles. The molecular weight excluding hydrogens is 376 g/mol. The molecule has 1 saturated heterocycles. The summed E-state index contributed by atoms with van der Waals surface area (Å²) >= 11 is 0. The molecule has 2 aromatic carbocycles. The molecule has 1 atom stereocenters. The third-order valence-corrected chi connectivity index (χ3v) is 5.08. The topological polar surface area (TPSA) is 105 Å². The van der Waals surface area contributed by atoms with E-state index >= 15 is 0 Å². The van der Waals surface area contributed by atoms with E-state index in [0.29, 0.717) is 12.3 Å². The lowest BCUT2D eigenvalue weighted by atomic mass is 10.1. The number of phenols is 1. The number of nitrogens with zero attached hydrogens (tertiary/aromatic N) is 1. The Bertz CT molecular complexity index is 997. The third-order valence-electron chi connectivity index (χ3n) is 5.08. The minimum absolute atomic E-state index is 0.107. The second kappa shape index (κ2) is 7.56. The van der Waals surface area contributed by atoms with Gasteiger partial charge in [0.15, 0.2) is 11.5 Å². The highest BCUT2D eigenvalue weighted by Crippen LogP contribution is 2.29. The van der Waals surface area contributed by atoms with Gasteiger partial charge < -0.3 is 19.9 Å². The van der Waals surface area contributed by atoms with Gasteiger partial charge in [0.05, 0.1) is 30.9 Å². The van der Waals surface area contributed by atoms with Gasteiger partial charge in [-0.2, -0.15) is 0 Å². The number of hydrogen-bond acceptors (Lipinski definition) is 6. The van der Waals surface area contributed by atoms with Crippen molar-refractivity contribution in [3.63, 3.8) is 0 Å². The van der Waals surface area contributed by atoms with Crippen LogP contribution in [0, 0.1) is 0 Å². The van der Waals surface area contributed by atoms with Gasteiger partial charge in [0.2, 0.25) is 0 Å². The lowest BCUT2D eigenvalue weighted by Crippen LogP contribution is -2.36. The molecule has 0 radical (unpaired) electrons. The number of benzene rings is 2. The van der Waals surface area contributed by atoms with E-state index in [1.165, 1.54) is 42.3 Å². The van der Waals surface area contributed by atoms with Crippen LogP contribution in [0.25, 0.3) is 0 Å². The molecule has 4 rings (SSSR count). The van der Waals surface area contributed by atoms with E-state index in [1.54, 1.807) is 6.07 Å². The Hall–Kier alpha value is -3.39. The number of aromatic hydroxyl groups is 1. The molecule has 2 aromatic rings. The van der Waals surface area contributed by atoms with Crippen molar-refractivity contribution < 1.29 is 29.0 Å². The first-order chi connectivity index (χ1) is 14.0. The number of ether oxygens (including phenoxy) is 2. The van der Waals surface area contributed by atoms with Gasteiger partial charge in [0.25, 0.3) is 17.7 Å². The summed E-state index contributed by atoms with van der Waals surface area (Å²) in [7, 11) is 1.43. The largest absolute Gasteiger partial charge is 0.504 e. The van der Waals surface area contributed by atoms with E-state index in [0.717, 1.165) is 12.8 Å². The molecule has 150 valence electrons. The Kier molecular flexibility index (Phi) is 4.94. The van der Waals surface area contributed by atoms with Crippen molar-refractivity contribution in [2.75, 3.05) is 25.6 Å². The molecule has 0 aliphatic carbocycles. The second-order valence-electron chi connectivity index (χ2n) is 6.96. The predicted octanol–water partition coefficient (Wildman–Crippen LogP) is 2.43. The minimum Gasteiger partial charge on any atom is -0.504 e. The number of anilines is 1.